The zero-order valence-electron chi connectivity index (χ0n) is 11.5. The third-order valence-electron chi connectivity index (χ3n) is 2.99. The van der Waals surface area contributed by atoms with Crippen LogP contribution in [0.5, 0.6) is 5.75 Å². The zero-order valence-corrected chi connectivity index (χ0v) is 12.3. The van der Waals surface area contributed by atoms with Gasteiger partial charge in [0, 0.05) is 13.1 Å². The van der Waals surface area contributed by atoms with E-state index < -0.39 is 10.0 Å². The number of sulfonamides is 1. The van der Waals surface area contributed by atoms with Crippen molar-refractivity contribution in [2.45, 2.75) is 30.7 Å². The summed E-state index contributed by atoms with van der Waals surface area (Å²) in [5.41, 5.74) is 0.674. The smallest absolute Gasteiger partial charge is 0.257 e. The Morgan fingerprint density at radius 2 is 2.10 bits per heavy atom. The molecule has 1 aliphatic rings. The fourth-order valence-corrected chi connectivity index (χ4v) is 3.04. The van der Waals surface area contributed by atoms with Crippen molar-refractivity contribution in [1.82, 2.24) is 10.0 Å². The van der Waals surface area contributed by atoms with Gasteiger partial charge in [0.25, 0.3) is 5.91 Å². The molecule has 1 aliphatic carbocycles. The van der Waals surface area contributed by atoms with Crippen molar-refractivity contribution in [3.05, 3.63) is 23.8 Å². The number of aryl methyl sites for hydroxylation is 1. The lowest BCUT2D eigenvalue weighted by Crippen LogP contribution is -2.26. The molecule has 2 rings (SSSR count). The summed E-state index contributed by atoms with van der Waals surface area (Å²) in [6.07, 6.45) is 1.79. The van der Waals surface area contributed by atoms with Gasteiger partial charge in [-0.3, -0.25) is 4.79 Å². The molecule has 2 N–H and O–H groups in total. The minimum absolute atomic E-state index is 0.0736. The van der Waals surface area contributed by atoms with E-state index in [0.29, 0.717) is 11.3 Å². The number of hydrogen-bond acceptors (Lipinski definition) is 4. The number of likely N-dealkylation sites (N-methyl/N-ethyl adjacent to an activating group) is 1. The Bertz CT molecular complexity index is 609. The van der Waals surface area contributed by atoms with Crippen molar-refractivity contribution in [2.24, 2.45) is 0 Å². The zero-order chi connectivity index (χ0) is 14.8. The molecule has 0 saturated heterocycles. The molecule has 0 unspecified atom stereocenters. The number of rotatable bonds is 6. The quantitative estimate of drug-likeness (QED) is 0.804. The van der Waals surface area contributed by atoms with E-state index in [1.54, 1.807) is 19.1 Å². The molecule has 0 aliphatic heterocycles. The SMILES string of the molecule is CNC(=O)COc1ccc(S(=O)(=O)NC2CC2)cc1C. The van der Waals surface area contributed by atoms with Crippen LogP contribution in [0.3, 0.4) is 0 Å². The van der Waals surface area contributed by atoms with Gasteiger partial charge in [0.2, 0.25) is 10.0 Å². The Labute approximate surface area is 118 Å². The molecule has 1 fully saturated rings. The average molecular weight is 298 g/mol. The topological polar surface area (TPSA) is 84.5 Å². The highest BCUT2D eigenvalue weighted by Gasteiger charge is 2.28. The molecule has 6 nitrogen and oxygen atoms in total. The number of carbonyl (C=O) groups excluding carboxylic acids is 1. The lowest BCUT2D eigenvalue weighted by Gasteiger charge is -2.11. The van der Waals surface area contributed by atoms with E-state index in [2.05, 4.69) is 10.0 Å². The normalized spacial score (nSPS) is 14.9. The third-order valence-corrected chi connectivity index (χ3v) is 4.51. The van der Waals surface area contributed by atoms with E-state index in [4.69, 9.17) is 4.74 Å². The molecule has 20 heavy (non-hydrogen) atoms. The van der Waals surface area contributed by atoms with Crippen LogP contribution in [0, 0.1) is 6.92 Å². The Balaban J connectivity index is 2.10. The van der Waals surface area contributed by atoms with Crippen LogP contribution in [-0.2, 0) is 14.8 Å². The van der Waals surface area contributed by atoms with Gasteiger partial charge in [-0.05, 0) is 43.5 Å². The van der Waals surface area contributed by atoms with Crippen LogP contribution in [-0.4, -0.2) is 34.0 Å². The molecule has 7 heteroatoms. The van der Waals surface area contributed by atoms with Crippen LogP contribution in [0.4, 0.5) is 0 Å². The highest BCUT2D eigenvalue weighted by molar-refractivity contribution is 7.89. The van der Waals surface area contributed by atoms with Crippen molar-refractivity contribution in [3.63, 3.8) is 0 Å². The van der Waals surface area contributed by atoms with Gasteiger partial charge in [0.1, 0.15) is 5.75 Å². The van der Waals surface area contributed by atoms with E-state index in [0.717, 1.165) is 12.8 Å². The summed E-state index contributed by atoms with van der Waals surface area (Å²) in [6, 6.07) is 4.67. The summed E-state index contributed by atoms with van der Waals surface area (Å²) in [7, 11) is -1.93. The second kappa shape index (κ2) is 5.80. The molecule has 0 bridgehead atoms. The lowest BCUT2D eigenvalue weighted by molar-refractivity contribution is -0.122. The van der Waals surface area contributed by atoms with Crippen molar-refractivity contribution in [2.75, 3.05) is 13.7 Å². The molecule has 1 amide bonds. The molecule has 0 atom stereocenters. The number of nitrogens with one attached hydrogen (secondary N) is 2. The number of amides is 1. The summed E-state index contributed by atoms with van der Waals surface area (Å²) in [6.45, 7) is 1.65. The maximum absolute atomic E-state index is 12.0. The molecule has 0 radical (unpaired) electrons. The first-order valence-corrected chi connectivity index (χ1v) is 7.87. The van der Waals surface area contributed by atoms with Gasteiger partial charge < -0.3 is 10.1 Å². The van der Waals surface area contributed by atoms with Crippen LogP contribution < -0.4 is 14.8 Å². The molecule has 1 saturated carbocycles. The third kappa shape index (κ3) is 3.71. The summed E-state index contributed by atoms with van der Waals surface area (Å²) in [5.74, 6) is 0.260. The van der Waals surface area contributed by atoms with Crippen molar-refractivity contribution in [1.29, 1.82) is 0 Å². The first-order valence-electron chi connectivity index (χ1n) is 6.39. The molecular weight excluding hydrogens is 280 g/mol. The minimum Gasteiger partial charge on any atom is -0.484 e. The van der Waals surface area contributed by atoms with Crippen LogP contribution in [0.1, 0.15) is 18.4 Å². The molecule has 1 aromatic rings. The summed E-state index contributed by atoms with van der Waals surface area (Å²) >= 11 is 0. The predicted molar refractivity (Wildman–Crippen MR) is 74.1 cm³/mol. The predicted octanol–water partition coefficient (Wildman–Crippen LogP) is 0.561. The van der Waals surface area contributed by atoms with Gasteiger partial charge in [-0.1, -0.05) is 0 Å². The number of benzene rings is 1. The second-order valence-electron chi connectivity index (χ2n) is 4.78. The molecule has 1 aromatic carbocycles. The van der Waals surface area contributed by atoms with Gasteiger partial charge in [-0.15, -0.1) is 0 Å². The fraction of sp³-hybridized carbons (Fsp3) is 0.462. The van der Waals surface area contributed by atoms with Gasteiger partial charge in [-0.2, -0.15) is 0 Å². The highest BCUT2D eigenvalue weighted by atomic mass is 32.2. The van der Waals surface area contributed by atoms with E-state index in [9.17, 15) is 13.2 Å². The van der Waals surface area contributed by atoms with Gasteiger partial charge in [0.05, 0.1) is 4.90 Å². The van der Waals surface area contributed by atoms with Gasteiger partial charge in [0.15, 0.2) is 6.61 Å². The maximum atomic E-state index is 12.0. The lowest BCUT2D eigenvalue weighted by atomic mass is 10.2. The van der Waals surface area contributed by atoms with Crippen molar-refractivity contribution in [3.8, 4) is 5.75 Å². The van der Waals surface area contributed by atoms with Crippen LogP contribution in [0.25, 0.3) is 0 Å². The molecule has 0 aromatic heterocycles. The van der Waals surface area contributed by atoms with Gasteiger partial charge >= 0.3 is 0 Å². The van der Waals surface area contributed by atoms with E-state index in [1.807, 2.05) is 0 Å². The Hall–Kier alpha value is -1.60. The van der Waals surface area contributed by atoms with E-state index in [-0.39, 0.29) is 23.5 Å². The maximum Gasteiger partial charge on any atom is 0.257 e. The van der Waals surface area contributed by atoms with E-state index in [1.165, 1.54) is 13.1 Å². The van der Waals surface area contributed by atoms with Crippen molar-refractivity contribution < 1.29 is 17.9 Å². The number of ether oxygens (including phenoxy) is 1. The minimum atomic E-state index is -3.46. The monoisotopic (exact) mass is 298 g/mol. The van der Waals surface area contributed by atoms with Crippen molar-refractivity contribution >= 4 is 15.9 Å². The standard InChI is InChI=1S/C13H18N2O4S/c1-9-7-11(20(17,18)15-10-3-4-10)5-6-12(9)19-8-13(16)14-2/h5-7,10,15H,3-4,8H2,1-2H3,(H,14,16). The Kier molecular flexibility index (Phi) is 4.29. The highest BCUT2D eigenvalue weighted by Crippen LogP contribution is 2.25. The number of hydrogen-bond donors (Lipinski definition) is 2. The molecule has 110 valence electrons. The Morgan fingerprint density at radius 1 is 1.40 bits per heavy atom. The summed E-state index contributed by atoms with van der Waals surface area (Å²) in [4.78, 5) is 11.3. The first-order chi connectivity index (χ1) is 9.42. The van der Waals surface area contributed by atoms with Crippen LogP contribution in [0.2, 0.25) is 0 Å². The summed E-state index contributed by atoms with van der Waals surface area (Å²) < 4.78 is 32.0. The largest absolute Gasteiger partial charge is 0.484 e. The summed E-state index contributed by atoms with van der Waals surface area (Å²) in [5, 5.41) is 2.45. The molecule has 0 spiro atoms. The Morgan fingerprint density at radius 3 is 2.65 bits per heavy atom. The first kappa shape index (κ1) is 14.8. The van der Waals surface area contributed by atoms with Gasteiger partial charge in [-0.25, -0.2) is 13.1 Å². The van der Waals surface area contributed by atoms with Crippen LogP contribution in [0.15, 0.2) is 23.1 Å². The van der Waals surface area contributed by atoms with E-state index >= 15 is 0 Å². The number of carbonyl (C=O) groups is 1. The second-order valence-corrected chi connectivity index (χ2v) is 6.50. The fourth-order valence-electron chi connectivity index (χ4n) is 1.66. The average Bonchev–Trinajstić information content (AvgIpc) is 3.20. The molecular formula is C13H18N2O4S. The van der Waals surface area contributed by atoms with Crippen LogP contribution >= 0.6 is 0 Å². The molecule has 0 heterocycles.